The van der Waals surface area contributed by atoms with Crippen molar-refractivity contribution in [3.63, 3.8) is 0 Å². The fourth-order valence-electron chi connectivity index (χ4n) is 2.27. The van der Waals surface area contributed by atoms with E-state index in [4.69, 9.17) is 0 Å². The second-order valence-corrected chi connectivity index (χ2v) is 6.60. The second kappa shape index (κ2) is 2.66. The number of hydrogen-bond donors (Lipinski definition) is 1. The van der Waals surface area contributed by atoms with Gasteiger partial charge in [0.05, 0.1) is 10.6 Å². The Labute approximate surface area is 93.6 Å². The van der Waals surface area contributed by atoms with E-state index in [1.165, 1.54) is 0 Å². The summed E-state index contributed by atoms with van der Waals surface area (Å²) in [5, 5.41) is 2.69. The van der Waals surface area contributed by atoms with E-state index in [9.17, 15) is 13.2 Å². The van der Waals surface area contributed by atoms with Gasteiger partial charge in [0.1, 0.15) is 0 Å². The topological polar surface area (TPSA) is 63.2 Å². The molecule has 2 aliphatic rings. The SMILES string of the molecule is Cc1cccc2c1S(=O)(=O)C1(CC1)C(=O)N2. The van der Waals surface area contributed by atoms with Gasteiger partial charge in [-0.25, -0.2) is 8.42 Å². The van der Waals surface area contributed by atoms with Crippen molar-refractivity contribution in [2.75, 3.05) is 5.32 Å². The standard InChI is InChI=1S/C11H11NO3S/c1-7-3-2-4-8-9(7)16(14,15)11(5-6-11)10(13)12-8/h2-4H,5-6H2,1H3,(H,12,13). The maximum Gasteiger partial charge on any atom is 0.246 e. The van der Waals surface area contributed by atoms with Crippen LogP contribution in [0.1, 0.15) is 18.4 Å². The molecule has 0 aromatic heterocycles. The van der Waals surface area contributed by atoms with Gasteiger partial charge in [0.25, 0.3) is 0 Å². The first-order valence-electron chi connectivity index (χ1n) is 5.15. The van der Waals surface area contributed by atoms with E-state index in [0.717, 1.165) is 0 Å². The predicted molar refractivity (Wildman–Crippen MR) is 59.0 cm³/mol. The summed E-state index contributed by atoms with van der Waals surface area (Å²) in [6.07, 6.45) is 0.879. The first-order chi connectivity index (χ1) is 7.49. The van der Waals surface area contributed by atoms with Crippen molar-refractivity contribution >= 4 is 21.4 Å². The molecule has 0 radical (unpaired) electrons. The van der Waals surface area contributed by atoms with Crippen LogP contribution in [0.3, 0.4) is 0 Å². The normalized spacial score (nSPS) is 23.7. The molecule has 1 heterocycles. The highest BCUT2D eigenvalue weighted by atomic mass is 32.2. The van der Waals surface area contributed by atoms with Crippen LogP contribution in [-0.4, -0.2) is 19.1 Å². The van der Waals surface area contributed by atoms with Gasteiger partial charge in [-0.15, -0.1) is 0 Å². The minimum absolute atomic E-state index is 0.298. The molecule has 1 saturated carbocycles. The summed E-state index contributed by atoms with van der Waals surface area (Å²) in [6.45, 7) is 1.75. The first kappa shape index (κ1) is 9.84. The molecule has 1 N–H and O–H groups in total. The van der Waals surface area contributed by atoms with Crippen molar-refractivity contribution < 1.29 is 13.2 Å². The molecule has 0 bridgehead atoms. The zero-order chi connectivity index (χ0) is 11.6. The number of anilines is 1. The van der Waals surface area contributed by atoms with Crippen molar-refractivity contribution in [1.29, 1.82) is 0 Å². The molecule has 0 unspecified atom stereocenters. The Morgan fingerprint density at radius 3 is 2.62 bits per heavy atom. The lowest BCUT2D eigenvalue weighted by Crippen LogP contribution is -2.42. The van der Waals surface area contributed by atoms with Crippen LogP contribution >= 0.6 is 0 Å². The molecule has 3 rings (SSSR count). The van der Waals surface area contributed by atoms with Crippen molar-refractivity contribution in [2.45, 2.75) is 29.4 Å². The van der Waals surface area contributed by atoms with Crippen LogP contribution in [0.15, 0.2) is 23.1 Å². The number of fused-ring (bicyclic) bond motifs is 1. The number of nitrogens with one attached hydrogen (secondary N) is 1. The molecule has 1 fully saturated rings. The highest BCUT2D eigenvalue weighted by Crippen LogP contribution is 2.52. The van der Waals surface area contributed by atoms with Crippen LogP contribution in [0, 0.1) is 6.92 Å². The Kier molecular flexibility index (Phi) is 1.63. The van der Waals surface area contributed by atoms with Crippen LogP contribution in [-0.2, 0) is 14.6 Å². The average Bonchev–Trinajstić information content (AvgIpc) is 2.96. The summed E-state index contributed by atoms with van der Waals surface area (Å²) in [7, 11) is -3.50. The van der Waals surface area contributed by atoms with Gasteiger partial charge in [-0.05, 0) is 31.4 Å². The average molecular weight is 237 g/mol. The van der Waals surface area contributed by atoms with E-state index >= 15 is 0 Å². The van der Waals surface area contributed by atoms with Crippen LogP contribution in [0.25, 0.3) is 0 Å². The van der Waals surface area contributed by atoms with E-state index in [0.29, 0.717) is 29.0 Å². The third-order valence-corrected chi connectivity index (χ3v) is 6.06. The molecule has 1 aliphatic heterocycles. The van der Waals surface area contributed by atoms with Gasteiger partial charge in [0.15, 0.2) is 14.6 Å². The van der Waals surface area contributed by atoms with Crippen LogP contribution < -0.4 is 5.32 Å². The van der Waals surface area contributed by atoms with Gasteiger partial charge in [-0.3, -0.25) is 4.79 Å². The monoisotopic (exact) mass is 237 g/mol. The molecule has 0 saturated heterocycles. The van der Waals surface area contributed by atoms with Crippen LogP contribution in [0.2, 0.25) is 0 Å². The molecule has 1 amide bonds. The highest BCUT2D eigenvalue weighted by Gasteiger charge is 2.63. The third kappa shape index (κ3) is 0.942. The molecule has 0 atom stereocenters. The number of sulfone groups is 1. The molecule has 16 heavy (non-hydrogen) atoms. The van der Waals surface area contributed by atoms with Gasteiger partial charge < -0.3 is 5.32 Å². The summed E-state index contributed by atoms with van der Waals surface area (Å²) in [5.74, 6) is -0.370. The molecule has 1 aliphatic carbocycles. The van der Waals surface area contributed by atoms with Crippen LogP contribution in [0.4, 0.5) is 5.69 Å². The summed E-state index contributed by atoms with van der Waals surface area (Å²) in [5.41, 5.74) is 1.12. The van der Waals surface area contributed by atoms with Gasteiger partial charge in [-0.1, -0.05) is 12.1 Å². The van der Waals surface area contributed by atoms with Gasteiger partial charge >= 0.3 is 0 Å². The van der Waals surface area contributed by atoms with Crippen molar-refractivity contribution in [2.24, 2.45) is 0 Å². The Balaban J connectivity index is 2.37. The van der Waals surface area contributed by atoms with E-state index in [2.05, 4.69) is 5.32 Å². The van der Waals surface area contributed by atoms with Crippen molar-refractivity contribution in [3.8, 4) is 0 Å². The molecule has 1 aromatic carbocycles. The molecule has 84 valence electrons. The Morgan fingerprint density at radius 2 is 2.00 bits per heavy atom. The summed E-state index contributed by atoms with van der Waals surface area (Å²) < 4.78 is 23.6. The molecule has 1 aromatic rings. The minimum Gasteiger partial charge on any atom is -0.324 e. The van der Waals surface area contributed by atoms with E-state index in [-0.39, 0.29) is 5.91 Å². The van der Waals surface area contributed by atoms with Gasteiger partial charge in [0.2, 0.25) is 5.91 Å². The molecular formula is C11H11NO3S. The number of rotatable bonds is 0. The first-order valence-corrected chi connectivity index (χ1v) is 6.63. The predicted octanol–water partition coefficient (Wildman–Crippen LogP) is 1.25. The molecule has 5 heteroatoms. The van der Waals surface area contributed by atoms with Crippen molar-refractivity contribution in [3.05, 3.63) is 23.8 Å². The number of aryl methyl sites for hydroxylation is 1. The fourth-order valence-corrected chi connectivity index (χ4v) is 4.50. The molecule has 1 spiro atoms. The number of amides is 1. The minimum atomic E-state index is -3.50. The number of carbonyl (C=O) groups excluding carboxylic acids is 1. The Bertz CT molecular complexity index is 600. The zero-order valence-electron chi connectivity index (χ0n) is 8.78. The van der Waals surface area contributed by atoms with Gasteiger partial charge in [0, 0.05) is 0 Å². The van der Waals surface area contributed by atoms with Crippen molar-refractivity contribution in [1.82, 2.24) is 0 Å². The Morgan fingerprint density at radius 1 is 1.31 bits per heavy atom. The number of carbonyl (C=O) groups is 1. The number of benzene rings is 1. The maximum atomic E-state index is 12.4. The lowest BCUT2D eigenvalue weighted by atomic mass is 10.2. The maximum absolute atomic E-state index is 12.4. The lowest BCUT2D eigenvalue weighted by molar-refractivity contribution is -0.116. The summed E-state index contributed by atoms with van der Waals surface area (Å²) in [4.78, 5) is 12.1. The quantitative estimate of drug-likeness (QED) is 0.738. The molecule has 4 nitrogen and oxygen atoms in total. The third-order valence-electron chi connectivity index (χ3n) is 3.36. The Hall–Kier alpha value is -1.36. The smallest absolute Gasteiger partial charge is 0.246 e. The summed E-state index contributed by atoms with van der Waals surface area (Å²) >= 11 is 0. The van der Waals surface area contributed by atoms with E-state index in [1.54, 1.807) is 25.1 Å². The van der Waals surface area contributed by atoms with Gasteiger partial charge in [-0.2, -0.15) is 0 Å². The van der Waals surface area contributed by atoms with Crippen LogP contribution in [0.5, 0.6) is 0 Å². The zero-order valence-corrected chi connectivity index (χ0v) is 9.60. The van der Waals surface area contributed by atoms with E-state index in [1.807, 2.05) is 0 Å². The fraction of sp³-hybridized carbons (Fsp3) is 0.364. The summed E-state index contributed by atoms with van der Waals surface area (Å²) in [6, 6.07) is 5.13. The highest BCUT2D eigenvalue weighted by molar-refractivity contribution is 7.94. The molecular weight excluding hydrogens is 226 g/mol. The lowest BCUT2D eigenvalue weighted by Gasteiger charge is -2.25. The second-order valence-electron chi connectivity index (χ2n) is 4.40. The largest absolute Gasteiger partial charge is 0.324 e. The van der Waals surface area contributed by atoms with E-state index < -0.39 is 14.6 Å². The number of hydrogen-bond acceptors (Lipinski definition) is 3.